The molecule has 0 saturated carbocycles. The molecule has 2 atom stereocenters. The van der Waals surface area contributed by atoms with Gasteiger partial charge in [0.2, 0.25) is 0 Å². The zero-order valence-electron chi connectivity index (χ0n) is 16.2. The first-order valence-electron chi connectivity index (χ1n) is 9.21. The summed E-state index contributed by atoms with van der Waals surface area (Å²) in [6.07, 6.45) is 1.62. The van der Waals surface area contributed by atoms with E-state index in [9.17, 15) is 10.5 Å². The predicted octanol–water partition coefficient (Wildman–Crippen LogP) is 6.43. The molecule has 0 aliphatic heterocycles. The Kier molecular flexibility index (Phi) is 6.23. The van der Waals surface area contributed by atoms with Crippen LogP contribution in [0.2, 0.25) is 0 Å². The van der Waals surface area contributed by atoms with Gasteiger partial charge in [0.25, 0.3) is 0 Å². The third-order valence-corrected chi connectivity index (χ3v) is 5.21. The van der Waals surface area contributed by atoms with Crippen LogP contribution in [0.3, 0.4) is 0 Å². The standard InChI is InChI=1S/C24H28N2/c1-23(2,17-25)16-21(19-11-7-5-8-12-19)15-22(24(3,4)18-26)20-13-9-6-10-14-20/h5-14,21-22H,15-16H2,1-4H3/t21-,22-/m0/s1. The van der Waals surface area contributed by atoms with Crippen molar-refractivity contribution in [3.05, 3.63) is 71.8 Å². The number of nitriles is 2. The van der Waals surface area contributed by atoms with Gasteiger partial charge in [-0.2, -0.15) is 10.5 Å². The fourth-order valence-electron chi connectivity index (χ4n) is 3.62. The van der Waals surface area contributed by atoms with Crippen molar-refractivity contribution in [2.24, 2.45) is 10.8 Å². The zero-order valence-corrected chi connectivity index (χ0v) is 16.2. The number of rotatable bonds is 7. The van der Waals surface area contributed by atoms with Gasteiger partial charge in [-0.05, 0) is 57.6 Å². The second kappa shape index (κ2) is 8.20. The normalized spacial score (nSPS) is 14.1. The molecule has 2 heteroatoms. The molecule has 0 bridgehead atoms. The van der Waals surface area contributed by atoms with Gasteiger partial charge in [0.1, 0.15) is 0 Å². The monoisotopic (exact) mass is 344 g/mol. The highest BCUT2D eigenvalue weighted by Crippen LogP contribution is 2.45. The van der Waals surface area contributed by atoms with Crippen molar-refractivity contribution in [1.29, 1.82) is 10.5 Å². The molecule has 0 amide bonds. The molecule has 0 radical (unpaired) electrons. The van der Waals surface area contributed by atoms with Gasteiger partial charge in [0.05, 0.1) is 23.0 Å². The molecule has 0 aliphatic carbocycles. The molecule has 0 saturated heterocycles. The minimum Gasteiger partial charge on any atom is -0.198 e. The third-order valence-electron chi connectivity index (χ3n) is 5.21. The van der Waals surface area contributed by atoms with Crippen LogP contribution in [-0.2, 0) is 0 Å². The Hall–Kier alpha value is -2.58. The second-order valence-corrected chi connectivity index (χ2v) is 8.34. The Morgan fingerprint density at radius 3 is 1.73 bits per heavy atom. The van der Waals surface area contributed by atoms with Gasteiger partial charge in [0, 0.05) is 5.92 Å². The van der Waals surface area contributed by atoms with Crippen LogP contribution in [0, 0.1) is 33.5 Å². The topological polar surface area (TPSA) is 47.6 Å². The van der Waals surface area contributed by atoms with Crippen LogP contribution >= 0.6 is 0 Å². The maximum atomic E-state index is 9.79. The molecular weight excluding hydrogens is 316 g/mol. The molecule has 26 heavy (non-hydrogen) atoms. The smallest absolute Gasteiger partial charge is 0.0690 e. The molecule has 2 nitrogen and oxygen atoms in total. The first-order valence-corrected chi connectivity index (χ1v) is 9.21. The Morgan fingerprint density at radius 2 is 1.27 bits per heavy atom. The van der Waals surface area contributed by atoms with Crippen molar-refractivity contribution in [2.75, 3.05) is 0 Å². The number of benzene rings is 2. The van der Waals surface area contributed by atoms with Gasteiger partial charge in [-0.3, -0.25) is 0 Å². The molecule has 0 unspecified atom stereocenters. The first-order chi connectivity index (χ1) is 12.3. The summed E-state index contributed by atoms with van der Waals surface area (Å²) in [5.74, 6) is 0.331. The molecule has 0 spiro atoms. The summed E-state index contributed by atoms with van der Waals surface area (Å²) < 4.78 is 0. The molecule has 134 valence electrons. The summed E-state index contributed by atoms with van der Waals surface area (Å²) in [5.41, 5.74) is 1.55. The minimum absolute atomic E-state index is 0.105. The molecule has 0 fully saturated rings. The van der Waals surface area contributed by atoms with Crippen LogP contribution in [0.25, 0.3) is 0 Å². The fraction of sp³-hybridized carbons (Fsp3) is 0.417. The average Bonchev–Trinajstić information content (AvgIpc) is 2.66. The van der Waals surface area contributed by atoms with Gasteiger partial charge in [0.15, 0.2) is 0 Å². The summed E-state index contributed by atoms with van der Waals surface area (Å²) >= 11 is 0. The lowest BCUT2D eigenvalue weighted by Gasteiger charge is -2.34. The van der Waals surface area contributed by atoms with E-state index in [4.69, 9.17) is 0 Å². The summed E-state index contributed by atoms with van der Waals surface area (Å²) in [5, 5.41) is 19.3. The van der Waals surface area contributed by atoms with E-state index in [1.807, 2.05) is 52.0 Å². The summed E-state index contributed by atoms with van der Waals surface area (Å²) in [7, 11) is 0. The predicted molar refractivity (Wildman–Crippen MR) is 106 cm³/mol. The van der Waals surface area contributed by atoms with E-state index in [-0.39, 0.29) is 11.8 Å². The van der Waals surface area contributed by atoms with E-state index in [2.05, 4.69) is 48.5 Å². The lowest BCUT2D eigenvalue weighted by molar-refractivity contribution is 0.305. The number of hydrogen-bond acceptors (Lipinski definition) is 2. The van der Waals surface area contributed by atoms with Crippen molar-refractivity contribution in [2.45, 2.75) is 52.4 Å². The van der Waals surface area contributed by atoms with Crippen molar-refractivity contribution in [3.8, 4) is 12.1 Å². The van der Waals surface area contributed by atoms with Gasteiger partial charge < -0.3 is 0 Å². The van der Waals surface area contributed by atoms with Gasteiger partial charge in [-0.1, -0.05) is 60.7 Å². The van der Waals surface area contributed by atoms with Crippen molar-refractivity contribution < 1.29 is 0 Å². The molecule has 2 rings (SSSR count). The lowest BCUT2D eigenvalue weighted by Crippen LogP contribution is -2.24. The van der Waals surface area contributed by atoms with Crippen LogP contribution in [-0.4, -0.2) is 0 Å². The van der Waals surface area contributed by atoms with Crippen LogP contribution in [0.15, 0.2) is 60.7 Å². The summed E-state index contributed by atoms with van der Waals surface area (Å²) in [6.45, 7) is 8.02. The highest BCUT2D eigenvalue weighted by Gasteiger charge is 2.35. The van der Waals surface area contributed by atoms with Crippen LogP contribution in [0.5, 0.6) is 0 Å². The van der Waals surface area contributed by atoms with Crippen LogP contribution in [0.4, 0.5) is 0 Å². The Labute approximate surface area is 158 Å². The summed E-state index contributed by atoms with van der Waals surface area (Å²) in [4.78, 5) is 0. The van der Waals surface area contributed by atoms with Crippen molar-refractivity contribution >= 4 is 0 Å². The largest absolute Gasteiger partial charge is 0.198 e. The molecule has 0 heterocycles. The lowest BCUT2D eigenvalue weighted by atomic mass is 9.68. The molecule has 2 aromatic rings. The van der Waals surface area contributed by atoms with E-state index in [1.165, 1.54) is 11.1 Å². The quantitative estimate of drug-likeness (QED) is 0.580. The third kappa shape index (κ3) is 4.96. The van der Waals surface area contributed by atoms with E-state index < -0.39 is 10.8 Å². The maximum Gasteiger partial charge on any atom is 0.0690 e. The summed E-state index contributed by atoms with van der Waals surface area (Å²) in [6, 6.07) is 25.6. The Balaban J connectivity index is 2.43. The number of nitrogens with zero attached hydrogens (tertiary/aromatic N) is 2. The van der Waals surface area contributed by atoms with E-state index in [0.29, 0.717) is 0 Å². The average molecular weight is 345 g/mol. The van der Waals surface area contributed by atoms with Crippen LogP contribution < -0.4 is 0 Å². The van der Waals surface area contributed by atoms with Gasteiger partial charge in [-0.25, -0.2) is 0 Å². The fourth-order valence-corrected chi connectivity index (χ4v) is 3.62. The highest BCUT2D eigenvalue weighted by atomic mass is 14.4. The van der Waals surface area contributed by atoms with E-state index >= 15 is 0 Å². The molecule has 0 N–H and O–H groups in total. The Bertz CT molecular complexity index is 776. The van der Waals surface area contributed by atoms with E-state index in [0.717, 1.165) is 12.8 Å². The van der Waals surface area contributed by atoms with Gasteiger partial charge in [-0.15, -0.1) is 0 Å². The Morgan fingerprint density at radius 1 is 0.769 bits per heavy atom. The second-order valence-electron chi connectivity index (χ2n) is 8.34. The SMILES string of the molecule is CC(C)(C#N)C[C@H](C[C@@H](c1ccccc1)C(C)(C)C#N)c1ccccc1. The number of hydrogen-bond donors (Lipinski definition) is 0. The highest BCUT2D eigenvalue weighted by molar-refractivity contribution is 5.28. The maximum absolute atomic E-state index is 9.79. The molecular formula is C24H28N2. The zero-order chi connectivity index (χ0) is 19.2. The van der Waals surface area contributed by atoms with Crippen molar-refractivity contribution in [1.82, 2.24) is 0 Å². The minimum atomic E-state index is -0.481. The van der Waals surface area contributed by atoms with E-state index in [1.54, 1.807) is 0 Å². The molecule has 0 aromatic heterocycles. The molecule has 0 aliphatic rings. The van der Waals surface area contributed by atoms with Gasteiger partial charge >= 0.3 is 0 Å². The molecule has 2 aromatic carbocycles. The van der Waals surface area contributed by atoms with Crippen molar-refractivity contribution in [3.63, 3.8) is 0 Å². The van der Waals surface area contributed by atoms with Crippen LogP contribution in [0.1, 0.15) is 63.5 Å². The first kappa shape index (κ1) is 19.7.